The van der Waals surface area contributed by atoms with Gasteiger partial charge < -0.3 is 20.5 Å². The van der Waals surface area contributed by atoms with E-state index in [1.54, 1.807) is 61.5 Å². The van der Waals surface area contributed by atoms with E-state index in [4.69, 9.17) is 4.52 Å². The fourth-order valence-corrected chi connectivity index (χ4v) is 4.03. The minimum Gasteiger partial charge on any atom is -0.360 e. The Labute approximate surface area is 218 Å². The van der Waals surface area contributed by atoms with Gasteiger partial charge in [-0.05, 0) is 48.9 Å². The van der Waals surface area contributed by atoms with Crippen LogP contribution in [0.2, 0.25) is 0 Å². The minimum absolute atomic E-state index is 0.0976. The van der Waals surface area contributed by atoms with Crippen molar-refractivity contribution in [3.8, 4) is 0 Å². The molecule has 3 N–H and O–H groups in total. The number of carbonyl (C=O) groups excluding carboxylic acids is 3. The molecule has 3 aromatic carbocycles. The largest absolute Gasteiger partial charge is 0.360 e. The van der Waals surface area contributed by atoms with Crippen LogP contribution in [0.25, 0.3) is 6.08 Å². The molecule has 0 saturated carbocycles. The lowest BCUT2D eigenvalue weighted by Crippen LogP contribution is -2.30. The zero-order valence-corrected chi connectivity index (χ0v) is 20.7. The van der Waals surface area contributed by atoms with Crippen molar-refractivity contribution >= 4 is 47.1 Å². The van der Waals surface area contributed by atoms with Gasteiger partial charge in [-0.15, -0.1) is 11.8 Å². The van der Waals surface area contributed by atoms with Crippen LogP contribution >= 0.6 is 11.8 Å². The molecule has 0 unspecified atom stereocenters. The SMILES string of the molecule is Cc1cc(NC(=O)CSc2cccc(NC(=O)/C(=C/c3ccccc3)NC(=O)c3ccccc3)c2)no1. The van der Waals surface area contributed by atoms with Crippen molar-refractivity contribution in [2.75, 3.05) is 16.4 Å². The van der Waals surface area contributed by atoms with E-state index in [1.165, 1.54) is 11.8 Å². The number of rotatable bonds is 9. The van der Waals surface area contributed by atoms with E-state index in [9.17, 15) is 14.4 Å². The summed E-state index contributed by atoms with van der Waals surface area (Å²) in [5, 5.41) is 12.0. The van der Waals surface area contributed by atoms with Crippen LogP contribution in [0.4, 0.5) is 11.5 Å². The van der Waals surface area contributed by atoms with Gasteiger partial charge in [0.1, 0.15) is 11.5 Å². The number of thioether (sulfide) groups is 1. The summed E-state index contributed by atoms with van der Waals surface area (Å²) in [5.74, 6) is 0.0103. The third kappa shape index (κ3) is 7.68. The van der Waals surface area contributed by atoms with E-state index in [2.05, 4.69) is 21.1 Å². The number of nitrogens with one attached hydrogen (secondary N) is 3. The van der Waals surface area contributed by atoms with Gasteiger partial charge in [0.15, 0.2) is 5.82 Å². The second-order valence-electron chi connectivity index (χ2n) is 7.93. The molecule has 0 fully saturated rings. The molecule has 3 amide bonds. The number of hydrogen-bond donors (Lipinski definition) is 3. The highest BCUT2D eigenvalue weighted by Gasteiger charge is 2.15. The number of anilines is 2. The van der Waals surface area contributed by atoms with E-state index in [0.29, 0.717) is 22.8 Å². The van der Waals surface area contributed by atoms with Crippen LogP contribution in [0.3, 0.4) is 0 Å². The Morgan fingerprint density at radius 1 is 0.892 bits per heavy atom. The van der Waals surface area contributed by atoms with E-state index in [1.807, 2.05) is 42.5 Å². The molecule has 8 nitrogen and oxygen atoms in total. The first-order valence-corrected chi connectivity index (χ1v) is 12.4. The Morgan fingerprint density at radius 2 is 1.62 bits per heavy atom. The number of nitrogens with zero attached hydrogens (tertiary/aromatic N) is 1. The molecule has 0 spiro atoms. The van der Waals surface area contributed by atoms with Gasteiger partial charge in [0.05, 0.1) is 5.75 Å². The standard InChI is InChI=1S/C28H24N4O4S/c1-19-15-25(32-36-19)31-26(33)18-37-23-14-8-13-22(17-23)29-28(35)24(16-20-9-4-2-5-10-20)30-27(34)21-11-6-3-7-12-21/h2-17H,18H2,1H3,(H,29,35)(H,30,34)(H,31,32,33)/b24-16-. The predicted molar refractivity (Wildman–Crippen MR) is 144 cm³/mol. The van der Waals surface area contributed by atoms with Crippen molar-refractivity contribution in [1.29, 1.82) is 0 Å². The van der Waals surface area contributed by atoms with Crippen molar-refractivity contribution < 1.29 is 18.9 Å². The number of amides is 3. The van der Waals surface area contributed by atoms with E-state index in [-0.39, 0.29) is 17.4 Å². The summed E-state index contributed by atoms with van der Waals surface area (Å²) in [7, 11) is 0. The molecule has 0 aliphatic carbocycles. The number of hydrogen-bond acceptors (Lipinski definition) is 6. The maximum Gasteiger partial charge on any atom is 0.272 e. The minimum atomic E-state index is -0.477. The highest BCUT2D eigenvalue weighted by atomic mass is 32.2. The van der Waals surface area contributed by atoms with E-state index >= 15 is 0 Å². The lowest BCUT2D eigenvalue weighted by molar-refractivity contribution is -0.114. The molecule has 9 heteroatoms. The summed E-state index contributed by atoms with van der Waals surface area (Å²) in [6.45, 7) is 1.74. The zero-order valence-electron chi connectivity index (χ0n) is 19.9. The Morgan fingerprint density at radius 3 is 2.32 bits per heavy atom. The summed E-state index contributed by atoms with van der Waals surface area (Å²) < 4.78 is 4.94. The number of aromatic nitrogens is 1. The Balaban J connectivity index is 1.43. The molecule has 0 bridgehead atoms. The quantitative estimate of drug-likeness (QED) is 0.212. The zero-order chi connectivity index (χ0) is 26.0. The molecule has 0 aliphatic rings. The van der Waals surface area contributed by atoms with Crippen LogP contribution in [0.15, 0.2) is 106 Å². The highest BCUT2D eigenvalue weighted by Crippen LogP contribution is 2.22. The smallest absolute Gasteiger partial charge is 0.272 e. The van der Waals surface area contributed by atoms with Crippen LogP contribution in [-0.4, -0.2) is 28.6 Å². The molecule has 0 saturated heterocycles. The predicted octanol–water partition coefficient (Wildman–Crippen LogP) is 5.12. The van der Waals surface area contributed by atoms with Gasteiger partial charge >= 0.3 is 0 Å². The Bertz CT molecular complexity index is 1420. The van der Waals surface area contributed by atoms with Gasteiger partial charge in [-0.2, -0.15) is 0 Å². The first kappa shape index (κ1) is 25.5. The van der Waals surface area contributed by atoms with Crippen molar-refractivity contribution in [2.45, 2.75) is 11.8 Å². The molecule has 4 aromatic rings. The highest BCUT2D eigenvalue weighted by molar-refractivity contribution is 8.00. The fourth-order valence-electron chi connectivity index (χ4n) is 3.27. The first-order chi connectivity index (χ1) is 18.0. The Hall–Kier alpha value is -4.63. The molecular formula is C28H24N4O4S. The van der Waals surface area contributed by atoms with Crippen LogP contribution in [0.5, 0.6) is 0 Å². The maximum absolute atomic E-state index is 13.2. The topological polar surface area (TPSA) is 113 Å². The second kappa shape index (κ2) is 12.4. The molecule has 186 valence electrons. The summed E-state index contributed by atoms with van der Waals surface area (Å²) >= 11 is 1.31. The molecule has 0 atom stereocenters. The molecule has 0 aliphatic heterocycles. The van der Waals surface area contributed by atoms with Gasteiger partial charge in [0.25, 0.3) is 11.8 Å². The van der Waals surface area contributed by atoms with E-state index < -0.39 is 11.8 Å². The van der Waals surface area contributed by atoms with Gasteiger partial charge in [-0.25, -0.2) is 0 Å². The van der Waals surface area contributed by atoms with Crippen LogP contribution < -0.4 is 16.0 Å². The van der Waals surface area contributed by atoms with Crippen LogP contribution in [0.1, 0.15) is 21.7 Å². The van der Waals surface area contributed by atoms with Crippen molar-refractivity contribution in [3.05, 3.63) is 114 Å². The normalized spacial score (nSPS) is 11.0. The van der Waals surface area contributed by atoms with Crippen LogP contribution in [-0.2, 0) is 9.59 Å². The lowest BCUT2D eigenvalue weighted by Gasteiger charge is -2.12. The van der Waals surface area contributed by atoms with Gasteiger partial charge in [-0.3, -0.25) is 14.4 Å². The monoisotopic (exact) mass is 512 g/mol. The number of carbonyl (C=O) groups is 3. The van der Waals surface area contributed by atoms with Gasteiger partial charge in [0, 0.05) is 22.2 Å². The summed E-state index contributed by atoms with van der Waals surface area (Å²) in [5.41, 5.74) is 1.82. The molecule has 0 radical (unpaired) electrons. The van der Waals surface area contributed by atoms with Crippen LogP contribution in [0, 0.1) is 6.92 Å². The van der Waals surface area contributed by atoms with E-state index in [0.717, 1.165) is 10.5 Å². The summed E-state index contributed by atoms with van der Waals surface area (Å²) in [6, 6.07) is 26.7. The van der Waals surface area contributed by atoms with Crippen molar-refractivity contribution in [1.82, 2.24) is 10.5 Å². The average Bonchev–Trinajstić information content (AvgIpc) is 3.32. The maximum atomic E-state index is 13.2. The van der Waals surface area contributed by atoms with Crippen molar-refractivity contribution in [2.24, 2.45) is 0 Å². The second-order valence-corrected chi connectivity index (χ2v) is 8.98. The third-order valence-electron chi connectivity index (χ3n) is 5.00. The third-order valence-corrected chi connectivity index (χ3v) is 5.99. The molecule has 1 heterocycles. The fraction of sp³-hybridized carbons (Fsp3) is 0.0714. The first-order valence-electron chi connectivity index (χ1n) is 11.4. The molecule has 4 rings (SSSR count). The Kier molecular flexibility index (Phi) is 8.51. The summed E-state index contributed by atoms with van der Waals surface area (Å²) in [6.07, 6.45) is 1.62. The van der Waals surface area contributed by atoms with Gasteiger partial charge in [-0.1, -0.05) is 59.8 Å². The van der Waals surface area contributed by atoms with Crippen molar-refractivity contribution in [3.63, 3.8) is 0 Å². The molecule has 37 heavy (non-hydrogen) atoms. The molecule has 1 aromatic heterocycles. The number of benzene rings is 3. The summed E-state index contributed by atoms with van der Waals surface area (Å²) in [4.78, 5) is 38.9. The van der Waals surface area contributed by atoms with Gasteiger partial charge in [0.2, 0.25) is 5.91 Å². The average molecular weight is 513 g/mol. The molecular weight excluding hydrogens is 488 g/mol. The lowest BCUT2D eigenvalue weighted by atomic mass is 10.1. The number of aryl methyl sites for hydroxylation is 1.